The second kappa shape index (κ2) is 17.1. The molecule has 0 spiro atoms. The van der Waals surface area contributed by atoms with Crippen LogP contribution >= 0.6 is 34.9 Å². The third-order valence-corrected chi connectivity index (χ3v) is 12.8. The van der Waals surface area contributed by atoms with Gasteiger partial charge < -0.3 is 30.6 Å². The Kier molecular flexibility index (Phi) is 11.9. The first kappa shape index (κ1) is 40.6. The number of thioether (sulfide) groups is 2. The lowest BCUT2D eigenvalue weighted by atomic mass is 9.77. The number of nitrogens with one attached hydrogen (secondary N) is 3. The van der Waals surface area contributed by atoms with Gasteiger partial charge in [0.1, 0.15) is 29.6 Å². The van der Waals surface area contributed by atoms with E-state index in [1.54, 1.807) is 26.2 Å². The average Bonchev–Trinajstić information content (AvgIpc) is 3.68. The maximum atomic E-state index is 14.2. The van der Waals surface area contributed by atoms with Gasteiger partial charge in [-0.25, -0.2) is 14.3 Å². The average molecular weight is 835 g/mol. The number of carboxylic acids is 1. The Hall–Kier alpha value is -5.64. The zero-order valence-corrected chi connectivity index (χ0v) is 34.7. The quantitative estimate of drug-likeness (QED) is 0.0629. The van der Waals surface area contributed by atoms with Gasteiger partial charge in [-0.3, -0.25) is 14.5 Å². The zero-order chi connectivity index (χ0) is 41.0. The van der Waals surface area contributed by atoms with Crippen LogP contribution in [0.3, 0.4) is 0 Å². The number of fused-ring (bicyclic) bond motifs is 1. The smallest absolute Gasteiger partial charge is 0.408 e. The van der Waals surface area contributed by atoms with E-state index < -0.39 is 52.5 Å². The molecule has 2 aliphatic heterocycles. The molecule has 2 aromatic heterocycles. The molecule has 58 heavy (non-hydrogen) atoms. The Morgan fingerprint density at radius 1 is 0.931 bits per heavy atom. The minimum Gasteiger partial charge on any atom is -0.543 e. The highest BCUT2D eigenvalue weighted by atomic mass is 32.2. The molecule has 0 aliphatic carbocycles. The Labute approximate surface area is 349 Å². The van der Waals surface area contributed by atoms with Crippen molar-refractivity contribution in [2.24, 2.45) is 7.05 Å². The fourth-order valence-electron chi connectivity index (χ4n) is 6.89. The van der Waals surface area contributed by atoms with Gasteiger partial charge in [0.05, 0.1) is 17.4 Å². The van der Waals surface area contributed by atoms with Crippen LogP contribution in [0.4, 0.5) is 9.93 Å². The number of benzene rings is 3. The first-order valence-corrected chi connectivity index (χ1v) is 21.4. The molecule has 5 aromatic rings. The number of carbonyl (C=O) groups excluding carboxylic acids is 4. The van der Waals surface area contributed by atoms with Crippen LogP contribution in [0.5, 0.6) is 0 Å². The van der Waals surface area contributed by atoms with E-state index in [1.807, 2.05) is 127 Å². The molecule has 0 saturated carbocycles. The number of carbonyl (C=O) groups is 4. The summed E-state index contributed by atoms with van der Waals surface area (Å²) in [6.07, 6.45) is 2.94. The molecule has 3 N–H and O–H groups in total. The largest absolute Gasteiger partial charge is 0.543 e. The molecule has 2 unspecified atom stereocenters. The summed E-state index contributed by atoms with van der Waals surface area (Å²) in [5.74, 6) is -2.08. The summed E-state index contributed by atoms with van der Waals surface area (Å²) >= 11 is 4.07. The topological polar surface area (TPSA) is 157 Å². The lowest BCUT2D eigenvalue weighted by molar-refractivity contribution is -0.671. The standard InChI is InChI=1S/C43H42N6O6S3/c1-42(2,3)55-41(54)46-33(36(50)45-34-37(51)49-35(39(52)53)27(25-57-38(34)49)24-56-31-20-22-48(4)23-21-31)32-26-58-40(44-32)47-43(28-14-8-5-9-15-28,29-16-10-6-11-17-29)30-18-12-7-13-19-30/h5-23,26,33-34,38H,24-25H2,1-4H3,(H3-,44,45,46,47,50,52,53,54)/t33?,34?,38-/m1/s1. The van der Waals surface area contributed by atoms with Crippen molar-refractivity contribution >= 4 is 63.9 Å². The minimum absolute atomic E-state index is 0.175. The monoisotopic (exact) mass is 834 g/mol. The Balaban J connectivity index is 1.16. The molecule has 0 radical (unpaired) electrons. The maximum absolute atomic E-state index is 14.2. The Bertz CT molecular complexity index is 2220. The van der Waals surface area contributed by atoms with Crippen LogP contribution in [0.15, 0.2) is 137 Å². The number of carboxylic acid groups (broad SMARTS) is 1. The van der Waals surface area contributed by atoms with Crippen molar-refractivity contribution in [2.75, 3.05) is 16.8 Å². The number of aromatic nitrogens is 2. The van der Waals surface area contributed by atoms with Crippen LogP contribution in [-0.2, 0) is 31.7 Å². The summed E-state index contributed by atoms with van der Waals surface area (Å²) < 4.78 is 7.43. The van der Waals surface area contributed by atoms with Crippen molar-refractivity contribution in [3.63, 3.8) is 0 Å². The molecule has 3 aromatic carbocycles. The van der Waals surface area contributed by atoms with E-state index in [1.165, 1.54) is 39.8 Å². The molecule has 1 fully saturated rings. The summed E-state index contributed by atoms with van der Waals surface area (Å²) in [6.45, 7) is 5.12. The number of aliphatic carboxylic acids is 1. The predicted molar refractivity (Wildman–Crippen MR) is 222 cm³/mol. The number of β-lactam (4-membered cyclic amide) rings is 1. The van der Waals surface area contributed by atoms with Crippen molar-refractivity contribution in [3.05, 3.63) is 155 Å². The van der Waals surface area contributed by atoms with E-state index in [2.05, 4.69) is 16.0 Å². The van der Waals surface area contributed by atoms with Crippen LogP contribution in [0, 0.1) is 0 Å². The van der Waals surface area contributed by atoms with Gasteiger partial charge >= 0.3 is 6.09 Å². The lowest BCUT2D eigenvalue weighted by Crippen LogP contribution is -2.71. The normalized spacial score (nSPS) is 17.1. The molecule has 0 bridgehead atoms. The first-order chi connectivity index (χ1) is 27.8. The number of rotatable bonds is 13. The number of nitrogens with zero attached hydrogens (tertiary/aromatic N) is 3. The van der Waals surface area contributed by atoms with Crippen molar-refractivity contribution in [1.82, 2.24) is 20.5 Å². The molecule has 4 heterocycles. The van der Waals surface area contributed by atoms with Crippen LogP contribution in [0.25, 0.3) is 0 Å². The number of amides is 3. The van der Waals surface area contributed by atoms with E-state index in [4.69, 9.17) is 9.72 Å². The minimum atomic E-state index is -1.46. The van der Waals surface area contributed by atoms with Crippen LogP contribution in [0.1, 0.15) is 49.2 Å². The Morgan fingerprint density at radius 2 is 1.50 bits per heavy atom. The second-order valence-corrected chi connectivity index (χ2v) is 17.8. The summed E-state index contributed by atoms with van der Waals surface area (Å²) in [7, 11) is 1.91. The van der Waals surface area contributed by atoms with Crippen molar-refractivity contribution in [3.8, 4) is 0 Å². The van der Waals surface area contributed by atoms with Gasteiger partial charge in [-0.2, -0.15) is 0 Å². The molecule has 12 nitrogen and oxygen atoms in total. The molecule has 1 saturated heterocycles. The van der Waals surface area contributed by atoms with Crippen molar-refractivity contribution in [2.45, 2.75) is 54.3 Å². The van der Waals surface area contributed by atoms with Gasteiger partial charge in [0.25, 0.3) is 5.91 Å². The van der Waals surface area contributed by atoms with Gasteiger partial charge in [0.15, 0.2) is 23.6 Å². The predicted octanol–water partition coefficient (Wildman–Crippen LogP) is 5.13. The van der Waals surface area contributed by atoms with Gasteiger partial charge in [-0.1, -0.05) is 91.0 Å². The highest BCUT2D eigenvalue weighted by Crippen LogP contribution is 2.43. The molecular formula is C43H42N6O6S3. The molecule has 298 valence electrons. The molecular weight excluding hydrogens is 793 g/mol. The third kappa shape index (κ3) is 8.61. The number of aryl methyl sites for hydroxylation is 1. The highest BCUT2D eigenvalue weighted by molar-refractivity contribution is 8.01. The van der Waals surface area contributed by atoms with Crippen molar-refractivity contribution < 1.29 is 33.6 Å². The number of ether oxygens (including phenoxy) is 1. The lowest BCUT2D eigenvalue weighted by Gasteiger charge is -2.51. The fraction of sp³-hybridized carbons (Fsp3) is 0.256. The molecule has 3 atom stereocenters. The fourth-order valence-corrected chi connectivity index (χ4v) is 10.1. The number of pyridine rings is 1. The van der Waals surface area contributed by atoms with Gasteiger partial charge in [-0.05, 0) is 43.0 Å². The van der Waals surface area contributed by atoms with E-state index in [0.29, 0.717) is 22.2 Å². The van der Waals surface area contributed by atoms with Crippen LogP contribution in [0.2, 0.25) is 0 Å². The van der Waals surface area contributed by atoms with Crippen molar-refractivity contribution in [1.29, 1.82) is 0 Å². The van der Waals surface area contributed by atoms with Crippen LogP contribution in [-0.4, -0.2) is 62.3 Å². The summed E-state index contributed by atoms with van der Waals surface area (Å²) in [5, 5.41) is 23.0. The summed E-state index contributed by atoms with van der Waals surface area (Å²) in [6, 6.07) is 31.3. The summed E-state index contributed by atoms with van der Waals surface area (Å²) in [5.41, 5.74) is 1.66. The van der Waals surface area contributed by atoms with E-state index in [0.717, 1.165) is 21.6 Å². The number of hydrogen-bond acceptors (Lipinski definition) is 11. The zero-order valence-electron chi connectivity index (χ0n) is 32.2. The molecule has 15 heteroatoms. The molecule has 3 amide bonds. The summed E-state index contributed by atoms with van der Waals surface area (Å²) in [4.78, 5) is 60.6. The first-order valence-electron chi connectivity index (χ1n) is 18.5. The number of alkyl carbamates (subject to hydrolysis) is 1. The SMILES string of the molecule is C[n+]1ccc(SCC2=C(C(=O)[O-])N3C(=O)C(NC(=O)C(NC(=O)OC(C)(C)C)c4csc(NC(c5ccccc5)(c5ccccc5)c5ccccc5)n4)[C@H]3SC2)cc1. The molecule has 7 rings (SSSR count). The Morgan fingerprint density at radius 3 is 2.03 bits per heavy atom. The number of thiazole rings is 1. The van der Waals surface area contributed by atoms with E-state index in [9.17, 15) is 24.3 Å². The number of hydrogen-bond donors (Lipinski definition) is 3. The third-order valence-electron chi connectivity index (χ3n) is 9.56. The van der Waals surface area contributed by atoms with Gasteiger partial charge in [-0.15, -0.1) is 34.9 Å². The van der Waals surface area contributed by atoms with E-state index >= 15 is 0 Å². The number of anilines is 1. The maximum Gasteiger partial charge on any atom is 0.408 e. The van der Waals surface area contributed by atoms with E-state index in [-0.39, 0.29) is 11.4 Å². The highest BCUT2D eigenvalue weighted by Gasteiger charge is 2.53. The van der Waals surface area contributed by atoms with Crippen LogP contribution < -0.4 is 25.6 Å². The van der Waals surface area contributed by atoms with Gasteiger partial charge in [0, 0.05) is 33.9 Å². The van der Waals surface area contributed by atoms with Gasteiger partial charge in [0.2, 0.25) is 5.91 Å². The second-order valence-electron chi connectivity index (χ2n) is 14.8. The molecule has 2 aliphatic rings.